The summed E-state index contributed by atoms with van der Waals surface area (Å²) in [4.78, 5) is 4.30. The van der Waals surface area contributed by atoms with Crippen LogP contribution in [0.25, 0.3) is 10.9 Å². The summed E-state index contributed by atoms with van der Waals surface area (Å²) in [6.07, 6.45) is 4.52. The highest BCUT2D eigenvalue weighted by Gasteiger charge is 2.04. The summed E-state index contributed by atoms with van der Waals surface area (Å²) in [6, 6.07) is 6.81. The largest absolute Gasteiger partial charge is 0.330 e. The molecule has 0 spiro atoms. The molecule has 0 aliphatic rings. The molecule has 1 heterocycles. The van der Waals surface area contributed by atoms with E-state index in [0.29, 0.717) is 6.54 Å². The fourth-order valence-electron chi connectivity index (χ4n) is 1.88. The van der Waals surface area contributed by atoms with Crippen molar-refractivity contribution in [2.75, 3.05) is 6.54 Å². The SMILES string of the molecule is NCCCCc1cc(F)cc2cccnc12. The van der Waals surface area contributed by atoms with E-state index < -0.39 is 0 Å². The first kappa shape index (κ1) is 11.0. The van der Waals surface area contributed by atoms with Crippen LogP contribution < -0.4 is 5.73 Å². The number of hydrogen-bond acceptors (Lipinski definition) is 2. The topological polar surface area (TPSA) is 38.9 Å². The zero-order chi connectivity index (χ0) is 11.4. The van der Waals surface area contributed by atoms with Gasteiger partial charge in [0.1, 0.15) is 5.82 Å². The van der Waals surface area contributed by atoms with Gasteiger partial charge in [-0.1, -0.05) is 6.07 Å². The lowest BCUT2D eigenvalue weighted by Crippen LogP contribution is -1.99. The summed E-state index contributed by atoms with van der Waals surface area (Å²) in [7, 11) is 0. The van der Waals surface area contributed by atoms with Gasteiger partial charge in [-0.2, -0.15) is 0 Å². The number of unbranched alkanes of at least 4 members (excludes halogenated alkanes) is 1. The van der Waals surface area contributed by atoms with Crippen molar-refractivity contribution in [2.45, 2.75) is 19.3 Å². The Morgan fingerprint density at radius 1 is 1.25 bits per heavy atom. The van der Waals surface area contributed by atoms with Gasteiger partial charge in [0.05, 0.1) is 5.52 Å². The average molecular weight is 218 g/mol. The molecule has 0 amide bonds. The van der Waals surface area contributed by atoms with Crippen LogP contribution in [0, 0.1) is 5.82 Å². The van der Waals surface area contributed by atoms with Crippen LogP contribution in [0.3, 0.4) is 0 Å². The Kier molecular flexibility index (Phi) is 3.47. The lowest BCUT2D eigenvalue weighted by atomic mass is 10.0. The zero-order valence-corrected chi connectivity index (χ0v) is 9.12. The number of fused-ring (bicyclic) bond motifs is 1. The van der Waals surface area contributed by atoms with Crippen LogP contribution in [0.4, 0.5) is 4.39 Å². The Morgan fingerprint density at radius 3 is 2.94 bits per heavy atom. The predicted molar refractivity (Wildman–Crippen MR) is 63.7 cm³/mol. The second-order valence-corrected chi connectivity index (χ2v) is 3.89. The second-order valence-electron chi connectivity index (χ2n) is 3.89. The van der Waals surface area contributed by atoms with Crippen LogP contribution in [0.5, 0.6) is 0 Å². The highest BCUT2D eigenvalue weighted by Crippen LogP contribution is 2.19. The molecular formula is C13H15FN2. The first-order chi connectivity index (χ1) is 7.81. The lowest BCUT2D eigenvalue weighted by Gasteiger charge is -2.05. The zero-order valence-electron chi connectivity index (χ0n) is 9.12. The number of nitrogens with two attached hydrogens (primary N) is 1. The van der Waals surface area contributed by atoms with E-state index in [2.05, 4.69) is 4.98 Å². The molecule has 0 atom stereocenters. The molecule has 0 saturated heterocycles. The number of benzene rings is 1. The Morgan fingerprint density at radius 2 is 2.12 bits per heavy atom. The predicted octanol–water partition coefficient (Wildman–Crippen LogP) is 2.66. The molecule has 84 valence electrons. The van der Waals surface area contributed by atoms with E-state index in [4.69, 9.17) is 5.73 Å². The smallest absolute Gasteiger partial charge is 0.124 e. The minimum Gasteiger partial charge on any atom is -0.330 e. The number of rotatable bonds is 4. The molecule has 1 aromatic heterocycles. The van der Waals surface area contributed by atoms with E-state index in [0.717, 1.165) is 35.7 Å². The highest BCUT2D eigenvalue weighted by atomic mass is 19.1. The molecule has 2 aromatic rings. The van der Waals surface area contributed by atoms with Crippen LogP contribution in [-0.4, -0.2) is 11.5 Å². The minimum absolute atomic E-state index is 0.191. The number of aryl methyl sites for hydroxylation is 1. The average Bonchev–Trinajstić information content (AvgIpc) is 2.29. The van der Waals surface area contributed by atoms with E-state index in [9.17, 15) is 4.39 Å². The summed E-state index contributed by atoms with van der Waals surface area (Å²) in [6.45, 7) is 0.681. The van der Waals surface area contributed by atoms with Gasteiger partial charge in [-0.05, 0) is 49.6 Å². The van der Waals surface area contributed by atoms with Crippen molar-refractivity contribution in [3.8, 4) is 0 Å². The quantitative estimate of drug-likeness (QED) is 0.801. The standard InChI is InChI=1S/C13H15FN2/c14-12-8-10(4-1-2-6-15)13-11(9-12)5-3-7-16-13/h3,5,7-9H,1-2,4,6,15H2. The number of aromatic nitrogens is 1. The van der Waals surface area contributed by atoms with E-state index in [1.807, 2.05) is 12.1 Å². The normalized spacial score (nSPS) is 10.9. The first-order valence-corrected chi connectivity index (χ1v) is 5.54. The van der Waals surface area contributed by atoms with Gasteiger partial charge in [-0.15, -0.1) is 0 Å². The molecule has 0 unspecified atom stereocenters. The van der Waals surface area contributed by atoms with Crippen LogP contribution in [-0.2, 0) is 6.42 Å². The first-order valence-electron chi connectivity index (χ1n) is 5.54. The Bertz CT molecular complexity index is 482. The molecule has 2 nitrogen and oxygen atoms in total. The van der Waals surface area contributed by atoms with Crippen molar-refractivity contribution >= 4 is 10.9 Å². The van der Waals surface area contributed by atoms with Crippen molar-refractivity contribution < 1.29 is 4.39 Å². The monoisotopic (exact) mass is 218 g/mol. The van der Waals surface area contributed by atoms with Crippen molar-refractivity contribution in [1.82, 2.24) is 4.98 Å². The van der Waals surface area contributed by atoms with Crippen LogP contribution in [0.1, 0.15) is 18.4 Å². The van der Waals surface area contributed by atoms with Crippen LogP contribution >= 0.6 is 0 Å². The van der Waals surface area contributed by atoms with Crippen LogP contribution in [0.15, 0.2) is 30.5 Å². The fourth-order valence-corrected chi connectivity index (χ4v) is 1.88. The molecule has 0 bridgehead atoms. The third kappa shape index (κ3) is 2.36. The van der Waals surface area contributed by atoms with Crippen molar-refractivity contribution in [3.63, 3.8) is 0 Å². The highest BCUT2D eigenvalue weighted by molar-refractivity contribution is 5.81. The van der Waals surface area contributed by atoms with Gasteiger partial charge < -0.3 is 5.73 Å². The van der Waals surface area contributed by atoms with Gasteiger partial charge in [0.15, 0.2) is 0 Å². The Labute approximate surface area is 94.3 Å². The fraction of sp³-hybridized carbons (Fsp3) is 0.308. The third-order valence-electron chi connectivity index (χ3n) is 2.65. The molecular weight excluding hydrogens is 203 g/mol. The lowest BCUT2D eigenvalue weighted by molar-refractivity contribution is 0.626. The van der Waals surface area contributed by atoms with E-state index in [-0.39, 0.29) is 5.82 Å². The van der Waals surface area contributed by atoms with Gasteiger partial charge >= 0.3 is 0 Å². The minimum atomic E-state index is -0.191. The molecule has 0 radical (unpaired) electrons. The molecule has 1 aromatic carbocycles. The summed E-state index contributed by atoms with van der Waals surface area (Å²) < 4.78 is 13.4. The third-order valence-corrected chi connectivity index (χ3v) is 2.65. The number of nitrogens with zero attached hydrogens (tertiary/aromatic N) is 1. The Balaban J connectivity index is 2.34. The van der Waals surface area contributed by atoms with E-state index in [1.165, 1.54) is 6.07 Å². The van der Waals surface area contributed by atoms with Gasteiger partial charge in [0, 0.05) is 11.6 Å². The number of pyridine rings is 1. The van der Waals surface area contributed by atoms with Gasteiger partial charge in [0.25, 0.3) is 0 Å². The van der Waals surface area contributed by atoms with Crippen LogP contribution in [0.2, 0.25) is 0 Å². The maximum atomic E-state index is 13.4. The van der Waals surface area contributed by atoms with Crippen molar-refractivity contribution in [2.24, 2.45) is 5.73 Å². The second kappa shape index (κ2) is 5.03. The summed E-state index contributed by atoms with van der Waals surface area (Å²) >= 11 is 0. The molecule has 0 saturated carbocycles. The molecule has 2 rings (SSSR count). The van der Waals surface area contributed by atoms with Gasteiger partial charge in [-0.3, -0.25) is 4.98 Å². The summed E-state index contributed by atoms with van der Waals surface area (Å²) in [5.41, 5.74) is 7.33. The van der Waals surface area contributed by atoms with Gasteiger partial charge in [0.2, 0.25) is 0 Å². The molecule has 16 heavy (non-hydrogen) atoms. The van der Waals surface area contributed by atoms with Crippen molar-refractivity contribution in [3.05, 3.63) is 41.8 Å². The van der Waals surface area contributed by atoms with Crippen molar-refractivity contribution in [1.29, 1.82) is 0 Å². The molecule has 2 N–H and O–H groups in total. The number of hydrogen-bond donors (Lipinski definition) is 1. The molecule has 3 heteroatoms. The maximum absolute atomic E-state index is 13.4. The molecule has 0 aliphatic carbocycles. The summed E-state index contributed by atoms with van der Waals surface area (Å²) in [5.74, 6) is -0.191. The molecule has 0 fully saturated rings. The number of halogens is 1. The summed E-state index contributed by atoms with van der Waals surface area (Å²) in [5, 5.41) is 0.866. The van der Waals surface area contributed by atoms with E-state index >= 15 is 0 Å². The molecule has 0 aliphatic heterocycles. The van der Waals surface area contributed by atoms with E-state index in [1.54, 1.807) is 12.3 Å². The Hall–Kier alpha value is -1.48. The van der Waals surface area contributed by atoms with Gasteiger partial charge in [-0.25, -0.2) is 4.39 Å². The maximum Gasteiger partial charge on any atom is 0.124 e.